The number of hydrogen-bond acceptors (Lipinski definition) is 7. The van der Waals surface area contributed by atoms with Crippen LogP contribution in [0.3, 0.4) is 0 Å². The molecule has 2 fully saturated rings. The number of nitrogens with one attached hydrogen (secondary N) is 2. The first-order chi connectivity index (χ1) is 17.1. The molecule has 3 amide bonds. The first-order valence-electron chi connectivity index (χ1n) is 10.8. The van der Waals surface area contributed by atoms with Crippen LogP contribution in [0.25, 0.3) is 0 Å². The molecule has 2 aromatic rings. The average molecular weight is 592 g/mol. The van der Waals surface area contributed by atoms with E-state index in [1.54, 1.807) is 12.1 Å². The number of rotatable bonds is 5. The molecule has 3 heterocycles. The van der Waals surface area contributed by atoms with Gasteiger partial charge in [0.2, 0.25) is 5.91 Å². The Morgan fingerprint density at radius 2 is 1.94 bits per heavy atom. The highest BCUT2D eigenvalue weighted by atomic mass is 79.9. The number of nitrogens with zero attached hydrogens (tertiary/aromatic N) is 1. The molecule has 2 N–H and O–H groups in total. The molecule has 1 unspecified atom stereocenters. The van der Waals surface area contributed by atoms with E-state index >= 15 is 0 Å². The second-order valence-corrected chi connectivity index (χ2v) is 10.5. The summed E-state index contributed by atoms with van der Waals surface area (Å²) in [6.07, 6.45) is -5.65. The number of carbonyl (C=O) groups is 3. The third-order valence-electron chi connectivity index (χ3n) is 5.61. The van der Waals surface area contributed by atoms with Crippen LogP contribution in [0.15, 0.2) is 34.1 Å². The predicted octanol–water partition coefficient (Wildman–Crippen LogP) is 4.17. The summed E-state index contributed by atoms with van der Waals surface area (Å²) in [5.74, 6) is -1.25. The van der Waals surface area contributed by atoms with Crippen molar-refractivity contribution in [3.63, 3.8) is 0 Å². The highest BCUT2D eigenvalue weighted by Crippen LogP contribution is 2.39. The Balaban J connectivity index is 1.54. The van der Waals surface area contributed by atoms with E-state index in [0.29, 0.717) is 0 Å². The number of anilines is 2. The minimum absolute atomic E-state index is 0.0269. The number of halogens is 4. The number of carbonyl (C=O) groups excluding carboxylic acids is 3. The van der Waals surface area contributed by atoms with Gasteiger partial charge in [-0.25, -0.2) is 4.79 Å². The van der Waals surface area contributed by atoms with E-state index < -0.39 is 35.2 Å². The standard InChI is InChI=1S/C22H21BrF3N3O6S/c23-16-3-4-18(36-16)35-20(32)28-21(6-9-34-12-21)19(31)27-13-1-2-15(14(11-13)22(24,25)26)29-7-10-33-8-5-17(29)30/h1-4,11H,5-10,12H2,(H,27,31)(H,28,32). The van der Waals surface area contributed by atoms with Crippen LogP contribution in [0.1, 0.15) is 18.4 Å². The molecule has 0 bridgehead atoms. The van der Waals surface area contributed by atoms with Gasteiger partial charge in [-0.3, -0.25) is 9.59 Å². The molecule has 1 atom stereocenters. The predicted molar refractivity (Wildman–Crippen MR) is 127 cm³/mol. The van der Waals surface area contributed by atoms with E-state index in [0.717, 1.165) is 32.2 Å². The lowest BCUT2D eigenvalue weighted by Gasteiger charge is -2.28. The lowest BCUT2D eigenvalue weighted by molar-refractivity contribution is -0.137. The second-order valence-electron chi connectivity index (χ2n) is 8.05. The quantitative estimate of drug-likeness (QED) is 0.540. The normalized spacial score (nSPS) is 20.7. The lowest BCUT2D eigenvalue weighted by Crippen LogP contribution is -2.58. The molecule has 1 aromatic carbocycles. The van der Waals surface area contributed by atoms with Gasteiger partial charge in [0.1, 0.15) is 5.54 Å². The summed E-state index contributed by atoms with van der Waals surface area (Å²) in [5.41, 5.74) is -3.10. The first kappa shape index (κ1) is 26.4. The fourth-order valence-corrected chi connectivity index (χ4v) is 5.02. The van der Waals surface area contributed by atoms with E-state index in [4.69, 9.17) is 14.2 Å². The van der Waals surface area contributed by atoms with Crippen LogP contribution in [0.5, 0.6) is 5.06 Å². The van der Waals surface area contributed by atoms with E-state index in [1.165, 1.54) is 6.07 Å². The minimum atomic E-state index is -4.80. The van der Waals surface area contributed by atoms with Gasteiger partial charge < -0.3 is 29.7 Å². The molecule has 2 aliphatic rings. The molecule has 0 spiro atoms. The Bertz CT molecular complexity index is 1150. The van der Waals surface area contributed by atoms with E-state index in [2.05, 4.69) is 26.6 Å². The molecule has 9 nitrogen and oxygen atoms in total. The van der Waals surface area contributed by atoms with Crippen LogP contribution in [-0.2, 0) is 25.2 Å². The van der Waals surface area contributed by atoms with Crippen LogP contribution in [0, 0.1) is 0 Å². The van der Waals surface area contributed by atoms with Crippen molar-refractivity contribution < 1.29 is 41.8 Å². The maximum Gasteiger partial charge on any atom is 0.418 e. The number of ether oxygens (including phenoxy) is 3. The first-order valence-corrected chi connectivity index (χ1v) is 12.4. The fraction of sp³-hybridized carbons (Fsp3) is 0.409. The molecular weight excluding hydrogens is 571 g/mol. The van der Waals surface area contributed by atoms with Crippen molar-refractivity contribution in [2.45, 2.75) is 24.6 Å². The average Bonchev–Trinajstić information content (AvgIpc) is 3.39. The highest BCUT2D eigenvalue weighted by Gasteiger charge is 2.45. The Hall–Kier alpha value is -2.68. The summed E-state index contributed by atoms with van der Waals surface area (Å²) in [6.45, 7) is 0.183. The Kier molecular flexibility index (Phi) is 7.87. The largest absolute Gasteiger partial charge is 0.418 e. The SMILES string of the molecule is O=C(NC1(C(=O)Nc2ccc(N3CCOCCC3=O)c(C(F)(F)F)c2)CCOC1)Oc1ccc(Br)s1. The van der Waals surface area contributed by atoms with Gasteiger partial charge >= 0.3 is 12.3 Å². The maximum atomic E-state index is 13.9. The van der Waals surface area contributed by atoms with Gasteiger partial charge in [0, 0.05) is 25.3 Å². The summed E-state index contributed by atoms with van der Waals surface area (Å²) < 4.78 is 58.2. The number of amides is 3. The van der Waals surface area contributed by atoms with Crippen LogP contribution in [0.2, 0.25) is 0 Å². The van der Waals surface area contributed by atoms with Crippen LogP contribution >= 0.6 is 27.3 Å². The van der Waals surface area contributed by atoms with Crippen molar-refractivity contribution in [3.8, 4) is 5.06 Å². The summed E-state index contributed by atoms with van der Waals surface area (Å²) in [7, 11) is 0. The highest BCUT2D eigenvalue weighted by molar-refractivity contribution is 9.11. The molecule has 2 aliphatic heterocycles. The molecule has 0 aliphatic carbocycles. The molecule has 194 valence electrons. The molecular formula is C22H21BrF3N3O6S. The summed E-state index contributed by atoms with van der Waals surface area (Å²) in [4.78, 5) is 39.0. The summed E-state index contributed by atoms with van der Waals surface area (Å²) in [5, 5.41) is 5.22. The topological polar surface area (TPSA) is 106 Å². The lowest BCUT2D eigenvalue weighted by atomic mass is 9.97. The Morgan fingerprint density at radius 3 is 2.61 bits per heavy atom. The zero-order chi connectivity index (χ0) is 25.9. The van der Waals surface area contributed by atoms with Crippen molar-refractivity contribution in [1.29, 1.82) is 0 Å². The molecule has 1 aromatic heterocycles. The number of alkyl halides is 3. The molecule has 2 saturated heterocycles. The van der Waals surface area contributed by atoms with E-state index in [1.807, 2.05) is 0 Å². The second kappa shape index (κ2) is 10.7. The zero-order valence-corrected chi connectivity index (χ0v) is 21.1. The van der Waals surface area contributed by atoms with Crippen molar-refractivity contribution in [2.24, 2.45) is 0 Å². The van der Waals surface area contributed by atoms with Crippen molar-refractivity contribution in [2.75, 3.05) is 43.2 Å². The van der Waals surface area contributed by atoms with Crippen LogP contribution < -0.4 is 20.3 Å². The van der Waals surface area contributed by atoms with Gasteiger partial charge in [-0.15, -0.1) is 0 Å². The molecule has 14 heteroatoms. The smallest absolute Gasteiger partial charge is 0.399 e. The number of thiophene rings is 1. The summed E-state index contributed by atoms with van der Waals surface area (Å²) >= 11 is 4.41. The van der Waals surface area contributed by atoms with Gasteiger partial charge in [-0.2, -0.15) is 13.2 Å². The van der Waals surface area contributed by atoms with Crippen molar-refractivity contribution >= 4 is 56.5 Å². The third kappa shape index (κ3) is 5.99. The zero-order valence-electron chi connectivity index (χ0n) is 18.7. The Labute approximate surface area is 216 Å². The maximum absolute atomic E-state index is 13.9. The number of benzene rings is 1. The van der Waals surface area contributed by atoms with Gasteiger partial charge in [-0.1, -0.05) is 11.3 Å². The molecule has 36 heavy (non-hydrogen) atoms. The van der Waals surface area contributed by atoms with Crippen LogP contribution in [0.4, 0.5) is 29.3 Å². The van der Waals surface area contributed by atoms with Crippen molar-refractivity contribution in [3.05, 3.63) is 39.7 Å². The monoisotopic (exact) mass is 591 g/mol. The minimum Gasteiger partial charge on any atom is -0.399 e. The molecule has 4 rings (SSSR count). The van der Waals surface area contributed by atoms with Gasteiger partial charge in [0.05, 0.1) is 41.3 Å². The van der Waals surface area contributed by atoms with Crippen LogP contribution in [-0.4, -0.2) is 56.4 Å². The van der Waals surface area contributed by atoms with E-state index in [9.17, 15) is 27.6 Å². The fourth-order valence-electron chi connectivity index (χ4n) is 3.82. The Morgan fingerprint density at radius 1 is 1.14 bits per heavy atom. The third-order valence-corrected chi connectivity index (χ3v) is 7.11. The van der Waals surface area contributed by atoms with Gasteiger partial charge in [0.15, 0.2) is 5.06 Å². The summed E-state index contributed by atoms with van der Waals surface area (Å²) in [6, 6.07) is 6.41. The molecule has 0 radical (unpaired) electrons. The van der Waals surface area contributed by atoms with Gasteiger partial charge in [0.25, 0.3) is 5.91 Å². The molecule has 0 saturated carbocycles. The van der Waals surface area contributed by atoms with Gasteiger partial charge in [-0.05, 0) is 46.3 Å². The van der Waals surface area contributed by atoms with E-state index in [-0.39, 0.29) is 62.3 Å². The van der Waals surface area contributed by atoms with Crippen molar-refractivity contribution in [1.82, 2.24) is 5.32 Å². The number of hydrogen-bond donors (Lipinski definition) is 2.